The van der Waals surface area contributed by atoms with Crippen molar-refractivity contribution in [3.05, 3.63) is 20.8 Å². The maximum absolute atomic E-state index is 11.8. The van der Waals surface area contributed by atoms with Gasteiger partial charge in [0.1, 0.15) is 11.5 Å². The number of nitrogens with zero attached hydrogens (tertiary/aromatic N) is 2. The highest BCUT2D eigenvalue weighted by Gasteiger charge is 2.13. The van der Waals surface area contributed by atoms with E-state index in [0.717, 1.165) is 0 Å². The summed E-state index contributed by atoms with van der Waals surface area (Å²) in [5, 5.41) is 2.83. The van der Waals surface area contributed by atoms with E-state index in [1.807, 2.05) is 13.8 Å². The van der Waals surface area contributed by atoms with E-state index in [2.05, 4.69) is 10.3 Å². The average Bonchev–Trinajstić information content (AvgIpc) is 2.37. The largest absolute Gasteiger partial charge is 0.383 e. The predicted molar refractivity (Wildman–Crippen MR) is 82.4 cm³/mol. The first-order chi connectivity index (χ1) is 9.73. The van der Waals surface area contributed by atoms with E-state index in [0.29, 0.717) is 6.54 Å². The van der Waals surface area contributed by atoms with Crippen LogP contribution < -0.4 is 22.3 Å². The molecule has 0 fully saturated rings. The summed E-state index contributed by atoms with van der Waals surface area (Å²) in [6.07, 6.45) is 0.231. The first-order valence-electron chi connectivity index (χ1n) is 6.80. The summed E-state index contributed by atoms with van der Waals surface area (Å²) in [6, 6.07) is 0. The minimum absolute atomic E-state index is 0.0620. The van der Waals surface area contributed by atoms with E-state index in [-0.39, 0.29) is 36.3 Å². The minimum Gasteiger partial charge on any atom is -0.383 e. The zero-order valence-corrected chi connectivity index (χ0v) is 12.9. The van der Waals surface area contributed by atoms with E-state index in [1.54, 1.807) is 14.1 Å². The molecule has 0 bridgehead atoms. The third-order valence-corrected chi connectivity index (χ3v) is 2.93. The maximum atomic E-state index is 11.8. The molecule has 0 atom stereocenters. The second kappa shape index (κ2) is 6.96. The molecule has 0 aromatic carbocycles. The number of aromatic nitrogens is 2. The molecule has 0 aliphatic heterocycles. The standard InChI is InChI=1S/C13H23N5O3/c1-8(2)7-18-11(14)10(12(20)16-13(18)21)15-6-5-9(19)17(3)4/h8,15H,5-7,14H2,1-4H3,(H,16,20,21). The van der Waals surface area contributed by atoms with Crippen LogP contribution in [0, 0.1) is 5.92 Å². The van der Waals surface area contributed by atoms with Gasteiger partial charge in [-0.05, 0) is 5.92 Å². The normalized spacial score (nSPS) is 10.7. The summed E-state index contributed by atoms with van der Waals surface area (Å²) in [7, 11) is 3.32. The minimum atomic E-state index is -0.574. The lowest BCUT2D eigenvalue weighted by atomic mass is 10.2. The molecule has 1 heterocycles. The van der Waals surface area contributed by atoms with Crippen LogP contribution >= 0.6 is 0 Å². The highest BCUT2D eigenvalue weighted by Crippen LogP contribution is 2.11. The van der Waals surface area contributed by atoms with Gasteiger partial charge in [0, 0.05) is 33.6 Å². The average molecular weight is 297 g/mol. The predicted octanol–water partition coefficient (Wildman–Crippen LogP) is -0.335. The van der Waals surface area contributed by atoms with Crippen LogP contribution in [-0.4, -0.2) is 41.0 Å². The van der Waals surface area contributed by atoms with Crippen LogP contribution in [-0.2, 0) is 11.3 Å². The van der Waals surface area contributed by atoms with Crippen molar-refractivity contribution in [3.8, 4) is 0 Å². The van der Waals surface area contributed by atoms with Gasteiger partial charge >= 0.3 is 5.69 Å². The quantitative estimate of drug-likeness (QED) is 0.665. The molecule has 0 unspecified atom stereocenters. The molecule has 0 radical (unpaired) electrons. The Labute approximate surface area is 122 Å². The van der Waals surface area contributed by atoms with Gasteiger partial charge in [0.05, 0.1) is 0 Å². The van der Waals surface area contributed by atoms with Gasteiger partial charge in [0.2, 0.25) is 5.91 Å². The molecule has 0 saturated heterocycles. The molecular weight excluding hydrogens is 274 g/mol. The zero-order valence-electron chi connectivity index (χ0n) is 12.9. The molecule has 21 heavy (non-hydrogen) atoms. The Morgan fingerprint density at radius 3 is 2.52 bits per heavy atom. The fourth-order valence-corrected chi connectivity index (χ4v) is 1.82. The molecule has 0 saturated carbocycles. The Kier molecular flexibility index (Phi) is 5.57. The van der Waals surface area contributed by atoms with Crippen molar-refractivity contribution in [2.24, 2.45) is 5.92 Å². The van der Waals surface area contributed by atoms with Gasteiger partial charge in [0.15, 0.2) is 0 Å². The Morgan fingerprint density at radius 2 is 2.00 bits per heavy atom. The lowest BCUT2D eigenvalue weighted by Crippen LogP contribution is -2.35. The molecule has 1 aromatic rings. The van der Waals surface area contributed by atoms with E-state index in [1.165, 1.54) is 9.47 Å². The lowest BCUT2D eigenvalue weighted by Gasteiger charge is -2.16. The Balaban J connectivity index is 2.95. The molecular formula is C13H23N5O3. The number of anilines is 2. The second-order valence-electron chi connectivity index (χ2n) is 5.49. The molecule has 0 aliphatic carbocycles. The summed E-state index contributed by atoms with van der Waals surface area (Å²) in [4.78, 5) is 38.7. The van der Waals surface area contributed by atoms with Crippen LogP contribution in [0.15, 0.2) is 9.59 Å². The van der Waals surface area contributed by atoms with Crippen molar-refractivity contribution in [1.82, 2.24) is 14.5 Å². The van der Waals surface area contributed by atoms with E-state index in [9.17, 15) is 14.4 Å². The monoisotopic (exact) mass is 297 g/mol. The molecule has 0 spiro atoms. The number of carbonyl (C=O) groups is 1. The van der Waals surface area contributed by atoms with Crippen molar-refractivity contribution in [2.75, 3.05) is 31.7 Å². The Morgan fingerprint density at radius 1 is 1.38 bits per heavy atom. The van der Waals surface area contributed by atoms with Crippen molar-refractivity contribution in [2.45, 2.75) is 26.8 Å². The van der Waals surface area contributed by atoms with E-state index >= 15 is 0 Å². The molecule has 8 nitrogen and oxygen atoms in total. The summed E-state index contributed by atoms with van der Waals surface area (Å²) >= 11 is 0. The fraction of sp³-hybridized carbons (Fsp3) is 0.615. The fourth-order valence-electron chi connectivity index (χ4n) is 1.82. The number of hydrogen-bond acceptors (Lipinski definition) is 5. The molecule has 0 aliphatic rings. The Hall–Kier alpha value is -2.25. The molecule has 8 heteroatoms. The number of rotatable bonds is 6. The van der Waals surface area contributed by atoms with E-state index in [4.69, 9.17) is 5.73 Å². The molecule has 1 amide bonds. The highest BCUT2D eigenvalue weighted by atomic mass is 16.2. The van der Waals surface area contributed by atoms with Crippen LogP contribution in [0.4, 0.5) is 11.5 Å². The van der Waals surface area contributed by atoms with Crippen molar-refractivity contribution in [1.29, 1.82) is 0 Å². The topological polar surface area (TPSA) is 113 Å². The number of nitrogens with two attached hydrogens (primary N) is 1. The third kappa shape index (κ3) is 4.37. The first kappa shape index (κ1) is 16.8. The van der Waals surface area contributed by atoms with Crippen LogP contribution in [0.5, 0.6) is 0 Å². The SMILES string of the molecule is CC(C)Cn1c(N)c(NCCC(=O)N(C)C)c(=O)[nH]c1=O. The number of nitrogen functional groups attached to an aromatic ring is 1. The number of H-pyrrole nitrogens is 1. The summed E-state index contributed by atoms with van der Waals surface area (Å²) in [5.74, 6) is 0.238. The molecule has 118 valence electrons. The Bertz CT molecular complexity index is 615. The van der Waals surface area contributed by atoms with Crippen molar-refractivity contribution < 1.29 is 4.79 Å². The summed E-state index contributed by atoms with van der Waals surface area (Å²) in [5.41, 5.74) is 4.92. The zero-order chi connectivity index (χ0) is 16.2. The number of hydrogen-bond donors (Lipinski definition) is 3. The van der Waals surface area contributed by atoms with Crippen LogP contribution in [0.25, 0.3) is 0 Å². The smallest absolute Gasteiger partial charge is 0.330 e. The molecule has 4 N–H and O–H groups in total. The number of aromatic amines is 1. The maximum Gasteiger partial charge on any atom is 0.330 e. The van der Waals surface area contributed by atoms with Gasteiger partial charge in [-0.3, -0.25) is 19.1 Å². The second-order valence-corrected chi connectivity index (χ2v) is 5.49. The lowest BCUT2D eigenvalue weighted by molar-refractivity contribution is -0.128. The van der Waals surface area contributed by atoms with Gasteiger partial charge in [0.25, 0.3) is 5.56 Å². The van der Waals surface area contributed by atoms with Crippen LogP contribution in [0.2, 0.25) is 0 Å². The van der Waals surface area contributed by atoms with Gasteiger partial charge in [-0.1, -0.05) is 13.8 Å². The van der Waals surface area contributed by atoms with Gasteiger partial charge in [-0.2, -0.15) is 0 Å². The first-order valence-corrected chi connectivity index (χ1v) is 6.80. The van der Waals surface area contributed by atoms with Gasteiger partial charge < -0.3 is 16.0 Å². The summed E-state index contributed by atoms with van der Waals surface area (Å²) < 4.78 is 1.32. The number of carbonyl (C=O) groups excluding carboxylic acids is 1. The molecule has 1 rings (SSSR count). The number of amides is 1. The van der Waals surface area contributed by atoms with E-state index < -0.39 is 11.2 Å². The summed E-state index contributed by atoms with van der Waals surface area (Å²) in [6.45, 7) is 4.57. The van der Waals surface area contributed by atoms with Crippen LogP contribution in [0.1, 0.15) is 20.3 Å². The highest BCUT2D eigenvalue weighted by molar-refractivity contribution is 5.76. The molecule has 1 aromatic heterocycles. The van der Waals surface area contributed by atoms with Crippen molar-refractivity contribution >= 4 is 17.4 Å². The van der Waals surface area contributed by atoms with Gasteiger partial charge in [-0.15, -0.1) is 0 Å². The third-order valence-electron chi connectivity index (χ3n) is 2.93. The van der Waals surface area contributed by atoms with Crippen molar-refractivity contribution in [3.63, 3.8) is 0 Å². The van der Waals surface area contributed by atoms with Gasteiger partial charge in [-0.25, -0.2) is 4.79 Å². The number of nitrogens with one attached hydrogen (secondary N) is 2. The van der Waals surface area contributed by atoms with Crippen LogP contribution in [0.3, 0.4) is 0 Å².